The molecular formula is C39H74N+. The van der Waals surface area contributed by atoms with Crippen molar-refractivity contribution in [3.05, 3.63) is 29.1 Å². The molecule has 1 aromatic heterocycles. The molecule has 0 bridgehead atoms. The molecule has 0 saturated heterocycles. The third-order valence-electron chi connectivity index (χ3n) is 9.13. The summed E-state index contributed by atoms with van der Waals surface area (Å²) < 4.78 is 2.65. The lowest BCUT2D eigenvalue weighted by atomic mass is 10.0. The Kier molecular flexibility index (Phi) is 26.3. The fraction of sp³-hybridized carbons (Fsp3) is 0.872. The zero-order chi connectivity index (χ0) is 28.9. The van der Waals surface area contributed by atoms with Crippen LogP contribution in [0.2, 0.25) is 0 Å². The molecule has 0 radical (unpaired) electrons. The summed E-state index contributed by atoms with van der Waals surface area (Å²) in [6.07, 6.45) is 41.6. The molecule has 0 amide bonds. The van der Waals surface area contributed by atoms with Gasteiger partial charge in [-0.05, 0) is 25.3 Å². The summed E-state index contributed by atoms with van der Waals surface area (Å²) in [6.45, 7) is 10.4. The second-order valence-electron chi connectivity index (χ2n) is 13.3. The van der Waals surface area contributed by atoms with Gasteiger partial charge in [-0.1, -0.05) is 174 Å². The minimum atomic E-state index is 1.22. The van der Waals surface area contributed by atoms with Crippen molar-refractivity contribution in [3.63, 3.8) is 0 Å². The van der Waals surface area contributed by atoms with E-state index in [2.05, 4.69) is 44.4 Å². The predicted octanol–water partition coefficient (Wildman–Crippen LogP) is 13.1. The van der Waals surface area contributed by atoms with E-state index in [0.29, 0.717) is 0 Å². The van der Waals surface area contributed by atoms with Crippen LogP contribution in [0.4, 0.5) is 0 Å². The van der Waals surface area contributed by atoms with E-state index >= 15 is 0 Å². The first-order chi connectivity index (χ1) is 19.7. The summed E-state index contributed by atoms with van der Waals surface area (Å²) in [4.78, 5) is 0. The lowest BCUT2D eigenvalue weighted by Crippen LogP contribution is -2.41. The summed E-state index contributed by atoms with van der Waals surface area (Å²) in [5.74, 6) is 0. The molecule has 0 aliphatic rings. The van der Waals surface area contributed by atoms with E-state index in [1.165, 1.54) is 204 Å². The number of aromatic nitrogens is 1. The number of nitrogens with zero attached hydrogens (tertiary/aromatic N) is 1. The molecule has 40 heavy (non-hydrogen) atoms. The van der Waals surface area contributed by atoms with Crippen molar-refractivity contribution in [2.45, 2.75) is 220 Å². The van der Waals surface area contributed by atoms with Crippen LogP contribution in [0.15, 0.2) is 12.1 Å². The third-order valence-corrected chi connectivity index (χ3v) is 9.13. The van der Waals surface area contributed by atoms with Crippen molar-refractivity contribution in [2.75, 3.05) is 0 Å². The summed E-state index contributed by atoms with van der Waals surface area (Å²) in [6, 6.07) is 4.86. The summed E-state index contributed by atoms with van der Waals surface area (Å²) >= 11 is 0. The highest BCUT2D eigenvalue weighted by Crippen LogP contribution is 2.16. The molecule has 0 aliphatic carbocycles. The van der Waals surface area contributed by atoms with Crippen molar-refractivity contribution in [2.24, 2.45) is 0 Å². The lowest BCUT2D eigenvalue weighted by Gasteiger charge is -2.09. The molecule has 0 spiro atoms. The van der Waals surface area contributed by atoms with Crippen molar-refractivity contribution < 1.29 is 4.57 Å². The Bertz CT molecular complexity index is 663. The third kappa shape index (κ3) is 21.8. The molecule has 0 atom stereocenters. The molecule has 1 heterocycles. The van der Waals surface area contributed by atoms with E-state index in [1.807, 2.05) is 0 Å². The van der Waals surface area contributed by atoms with Gasteiger partial charge in [-0.15, -0.1) is 0 Å². The molecule has 234 valence electrons. The van der Waals surface area contributed by atoms with Gasteiger partial charge in [-0.2, -0.15) is 0 Å². The second-order valence-corrected chi connectivity index (χ2v) is 13.3. The van der Waals surface area contributed by atoms with Crippen LogP contribution in [-0.2, 0) is 13.0 Å². The van der Waals surface area contributed by atoms with E-state index in [9.17, 15) is 0 Å². The summed E-state index contributed by atoms with van der Waals surface area (Å²) in [5, 5.41) is 0. The van der Waals surface area contributed by atoms with Gasteiger partial charge in [-0.3, -0.25) is 0 Å². The van der Waals surface area contributed by atoms with Gasteiger partial charge in [0.2, 0.25) is 0 Å². The SMILES string of the molecule is CCCCCCCCCCCCCCCCc1cc(C)cc(C)[n+]1CCCCCCCCCCCCCCCC. The molecule has 0 N–H and O–H groups in total. The minimum absolute atomic E-state index is 1.22. The Morgan fingerprint density at radius 1 is 0.400 bits per heavy atom. The smallest absolute Gasteiger partial charge is 0.181 e. The summed E-state index contributed by atoms with van der Waals surface area (Å²) in [5.41, 5.74) is 4.50. The molecular weight excluding hydrogens is 482 g/mol. The molecule has 0 aliphatic heterocycles. The zero-order valence-corrected chi connectivity index (χ0v) is 28.3. The standard InChI is InChI=1S/C39H74N/c1-5-7-9-11-13-15-17-19-21-23-25-27-29-31-33-39-36-37(3)35-38(4)40(39)34-32-30-28-26-24-22-20-18-16-14-12-10-8-6-2/h35-36H,5-34H2,1-4H3/q+1. The van der Waals surface area contributed by atoms with Crippen LogP contribution in [0.3, 0.4) is 0 Å². The van der Waals surface area contributed by atoms with Crippen molar-refractivity contribution >= 4 is 0 Å². The first kappa shape index (κ1) is 37.2. The molecule has 0 unspecified atom stereocenters. The summed E-state index contributed by atoms with van der Waals surface area (Å²) in [7, 11) is 0. The van der Waals surface area contributed by atoms with Gasteiger partial charge >= 0.3 is 0 Å². The number of unbranched alkanes of at least 4 members (excludes halogenated alkanes) is 26. The number of rotatable bonds is 30. The van der Waals surface area contributed by atoms with Crippen LogP contribution in [0.1, 0.15) is 211 Å². The van der Waals surface area contributed by atoms with E-state index in [1.54, 1.807) is 5.69 Å². The quantitative estimate of drug-likeness (QED) is 0.0655. The molecule has 1 nitrogen and oxygen atoms in total. The van der Waals surface area contributed by atoms with Crippen LogP contribution < -0.4 is 4.57 Å². The molecule has 0 saturated carbocycles. The Morgan fingerprint density at radius 2 is 0.725 bits per heavy atom. The van der Waals surface area contributed by atoms with E-state index in [-0.39, 0.29) is 0 Å². The maximum atomic E-state index is 2.65. The van der Waals surface area contributed by atoms with Gasteiger partial charge in [0.05, 0.1) is 0 Å². The van der Waals surface area contributed by atoms with Crippen LogP contribution in [0.5, 0.6) is 0 Å². The number of hydrogen-bond donors (Lipinski definition) is 0. The molecule has 1 rings (SSSR count). The van der Waals surface area contributed by atoms with Gasteiger partial charge < -0.3 is 0 Å². The van der Waals surface area contributed by atoms with E-state index in [0.717, 1.165) is 0 Å². The molecule has 0 fully saturated rings. The van der Waals surface area contributed by atoms with Crippen LogP contribution in [0.25, 0.3) is 0 Å². The Morgan fingerprint density at radius 3 is 1.10 bits per heavy atom. The Labute approximate surface area is 253 Å². The van der Waals surface area contributed by atoms with Crippen LogP contribution >= 0.6 is 0 Å². The first-order valence-electron chi connectivity index (χ1n) is 18.7. The Hall–Kier alpha value is -0.850. The highest BCUT2D eigenvalue weighted by atomic mass is 15.0. The van der Waals surface area contributed by atoms with Crippen LogP contribution in [-0.4, -0.2) is 0 Å². The number of hydrogen-bond acceptors (Lipinski definition) is 0. The molecule has 1 heteroatoms. The van der Waals surface area contributed by atoms with Gasteiger partial charge in [0, 0.05) is 31.9 Å². The topological polar surface area (TPSA) is 3.88 Å². The van der Waals surface area contributed by atoms with E-state index in [4.69, 9.17) is 0 Å². The maximum Gasteiger partial charge on any atom is 0.181 e. The fourth-order valence-corrected chi connectivity index (χ4v) is 6.51. The van der Waals surface area contributed by atoms with Gasteiger partial charge in [0.25, 0.3) is 0 Å². The van der Waals surface area contributed by atoms with Gasteiger partial charge in [-0.25, -0.2) is 4.57 Å². The minimum Gasteiger partial charge on any atom is -0.200 e. The van der Waals surface area contributed by atoms with Crippen molar-refractivity contribution in [1.29, 1.82) is 0 Å². The van der Waals surface area contributed by atoms with E-state index < -0.39 is 0 Å². The first-order valence-corrected chi connectivity index (χ1v) is 18.7. The largest absolute Gasteiger partial charge is 0.200 e. The second kappa shape index (κ2) is 28.3. The van der Waals surface area contributed by atoms with Crippen molar-refractivity contribution in [3.8, 4) is 0 Å². The zero-order valence-electron chi connectivity index (χ0n) is 28.3. The van der Waals surface area contributed by atoms with Gasteiger partial charge in [0.15, 0.2) is 11.4 Å². The van der Waals surface area contributed by atoms with Crippen LogP contribution in [0, 0.1) is 13.8 Å². The average Bonchev–Trinajstić information content (AvgIpc) is 2.94. The molecule has 0 aromatic carbocycles. The van der Waals surface area contributed by atoms with Crippen molar-refractivity contribution in [1.82, 2.24) is 0 Å². The highest BCUT2D eigenvalue weighted by molar-refractivity contribution is 5.14. The normalized spacial score (nSPS) is 11.5. The number of aryl methyl sites for hydroxylation is 3. The fourth-order valence-electron chi connectivity index (χ4n) is 6.51. The average molecular weight is 557 g/mol. The predicted molar refractivity (Wildman–Crippen MR) is 180 cm³/mol. The highest BCUT2D eigenvalue weighted by Gasteiger charge is 2.14. The van der Waals surface area contributed by atoms with Gasteiger partial charge in [0.1, 0.15) is 6.54 Å². The maximum absolute atomic E-state index is 2.65. The Balaban J connectivity index is 2.06. The monoisotopic (exact) mass is 557 g/mol. The lowest BCUT2D eigenvalue weighted by molar-refractivity contribution is -0.710. The molecule has 1 aromatic rings. The number of pyridine rings is 1.